The van der Waals surface area contributed by atoms with Crippen LogP contribution in [0, 0.1) is 6.92 Å². The van der Waals surface area contributed by atoms with Gasteiger partial charge in [-0.25, -0.2) is 4.79 Å². The first-order valence-corrected chi connectivity index (χ1v) is 7.69. The lowest BCUT2D eigenvalue weighted by atomic mass is 9.99. The van der Waals surface area contributed by atoms with Crippen LogP contribution in [0.4, 0.5) is 13.2 Å². The smallest absolute Gasteiger partial charge is 0.475 e. The van der Waals surface area contributed by atoms with Crippen molar-refractivity contribution in [2.24, 2.45) is 0 Å². The van der Waals surface area contributed by atoms with Gasteiger partial charge in [-0.1, -0.05) is 22.9 Å². The van der Waals surface area contributed by atoms with E-state index in [-0.39, 0.29) is 0 Å². The lowest BCUT2D eigenvalue weighted by Gasteiger charge is -2.19. The van der Waals surface area contributed by atoms with Crippen LogP contribution in [-0.2, 0) is 4.79 Å². The summed E-state index contributed by atoms with van der Waals surface area (Å²) in [5, 5.41) is 14.6. The molecule has 0 radical (unpaired) electrons. The van der Waals surface area contributed by atoms with Gasteiger partial charge in [-0.15, -0.1) is 0 Å². The highest BCUT2D eigenvalue weighted by molar-refractivity contribution is 5.73. The SMILES string of the molecule is Cc1ccc(-c2nc(C3CCCNC3)no2)cc1.O=C(O)C(F)(F)F. The van der Waals surface area contributed by atoms with Crippen LogP contribution in [0.3, 0.4) is 0 Å². The number of nitrogens with zero attached hydrogens (tertiary/aromatic N) is 2. The highest BCUT2D eigenvalue weighted by Crippen LogP contribution is 2.24. The number of halogens is 3. The molecule has 1 saturated heterocycles. The van der Waals surface area contributed by atoms with E-state index in [1.165, 1.54) is 12.0 Å². The summed E-state index contributed by atoms with van der Waals surface area (Å²) < 4.78 is 37.1. The number of aliphatic carboxylic acids is 1. The van der Waals surface area contributed by atoms with E-state index < -0.39 is 12.1 Å². The molecule has 0 bridgehead atoms. The zero-order valence-electron chi connectivity index (χ0n) is 13.5. The van der Waals surface area contributed by atoms with E-state index in [2.05, 4.69) is 34.5 Å². The Hall–Kier alpha value is -2.42. The molecule has 9 heteroatoms. The van der Waals surface area contributed by atoms with Gasteiger partial charge in [0.2, 0.25) is 0 Å². The van der Waals surface area contributed by atoms with Crippen LogP contribution >= 0.6 is 0 Å². The summed E-state index contributed by atoms with van der Waals surface area (Å²) in [7, 11) is 0. The third-order valence-corrected chi connectivity index (χ3v) is 3.64. The molecule has 0 saturated carbocycles. The fourth-order valence-corrected chi connectivity index (χ4v) is 2.29. The van der Waals surface area contributed by atoms with Crippen molar-refractivity contribution in [2.45, 2.75) is 31.9 Å². The number of hydrogen-bond donors (Lipinski definition) is 2. The second-order valence-corrected chi connectivity index (χ2v) is 5.67. The van der Waals surface area contributed by atoms with Gasteiger partial charge in [-0.3, -0.25) is 0 Å². The summed E-state index contributed by atoms with van der Waals surface area (Å²) >= 11 is 0. The number of rotatable bonds is 2. The predicted molar refractivity (Wildman–Crippen MR) is 83.0 cm³/mol. The topological polar surface area (TPSA) is 88.3 Å². The minimum absolute atomic E-state index is 0.390. The van der Waals surface area contributed by atoms with Gasteiger partial charge in [0.25, 0.3) is 5.89 Å². The van der Waals surface area contributed by atoms with Gasteiger partial charge in [-0.2, -0.15) is 18.2 Å². The zero-order valence-corrected chi connectivity index (χ0v) is 13.5. The molecule has 1 atom stereocenters. The van der Waals surface area contributed by atoms with Gasteiger partial charge in [0.05, 0.1) is 0 Å². The molecule has 0 amide bonds. The number of carbonyl (C=O) groups is 1. The van der Waals surface area contributed by atoms with Crippen molar-refractivity contribution >= 4 is 5.97 Å². The summed E-state index contributed by atoms with van der Waals surface area (Å²) in [4.78, 5) is 13.4. The third-order valence-electron chi connectivity index (χ3n) is 3.64. The molecule has 6 nitrogen and oxygen atoms in total. The quantitative estimate of drug-likeness (QED) is 0.858. The molecule has 2 aromatic rings. The predicted octanol–water partition coefficient (Wildman–Crippen LogP) is 3.15. The van der Waals surface area contributed by atoms with E-state index in [4.69, 9.17) is 14.4 Å². The number of hydrogen-bond acceptors (Lipinski definition) is 5. The molecule has 0 spiro atoms. The average molecular weight is 357 g/mol. The van der Waals surface area contributed by atoms with E-state index in [1.54, 1.807) is 0 Å². The second kappa shape index (κ2) is 8.11. The Labute approximate surface area is 142 Å². The van der Waals surface area contributed by atoms with E-state index in [9.17, 15) is 13.2 Å². The molecule has 2 heterocycles. The summed E-state index contributed by atoms with van der Waals surface area (Å²) in [5.41, 5.74) is 2.22. The van der Waals surface area contributed by atoms with E-state index >= 15 is 0 Å². The van der Waals surface area contributed by atoms with Crippen molar-refractivity contribution < 1.29 is 27.6 Å². The highest BCUT2D eigenvalue weighted by atomic mass is 19.4. The van der Waals surface area contributed by atoms with Crippen molar-refractivity contribution in [1.82, 2.24) is 15.5 Å². The fourth-order valence-electron chi connectivity index (χ4n) is 2.29. The van der Waals surface area contributed by atoms with Crippen LogP contribution in [0.2, 0.25) is 0 Å². The van der Waals surface area contributed by atoms with Gasteiger partial charge in [0, 0.05) is 18.0 Å². The van der Waals surface area contributed by atoms with Crippen LogP contribution in [0.1, 0.15) is 30.1 Å². The number of aryl methyl sites for hydroxylation is 1. The molecule has 1 unspecified atom stereocenters. The first kappa shape index (κ1) is 18.9. The second-order valence-electron chi connectivity index (χ2n) is 5.67. The number of aromatic nitrogens is 2. The van der Waals surface area contributed by atoms with Crippen molar-refractivity contribution in [3.05, 3.63) is 35.7 Å². The minimum Gasteiger partial charge on any atom is -0.475 e. The molecule has 3 rings (SSSR count). The number of piperidine rings is 1. The number of carboxylic acids is 1. The summed E-state index contributed by atoms with van der Waals surface area (Å²) in [6.45, 7) is 4.11. The molecule has 25 heavy (non-hydrogen) atoms. The summed E-state index contributed by atoms with van der Waals surface area (Å²) in [6, 6.07) is 8.15. The lowest BCUT2D eigenvalue weighted by Crippen LogP contribution is -2.28. The first-order valence-electron chi connectivity index (χ1n) is 7.69. The Balaban J connectivity index is 0.000000277. The van der Waals surface area contributed by atoms with E-state index in [1.807, 2.05) is 12.1 Å². The molecule has 1 aromatic heterocycles. The largest absolute Gasteiger partial charge is 0.490 e. The molecular formula is C16H18F3N3O3. The van der Waals surface area contributed by atoms with Crippen LogP contribution in [0.5, 0.6) is 0 Å². The Morgan fingerprint density at radius 1 is 1.32 bits per heavy atom. The summed E-state index contributed by atoms with van der Waals surface area (Å²) in [5.74, 6) is -0.914. The molecule has 136 valence electrons. The number of carboxylic acid groups (broad SMARTS) is 1. The number of nitrogens with one attached hydrogen (secondary N) is 1. The Morgan fingerprint density at radius 3 is 2.48 bits per heavy atom. The molecule has 2 N–H and O–H groups in total. The number of alkyl halides is 3. The Kier molecular flexibility index (Phi) is 6.13. The maximum atomic E-state index is 10.6. The minimum atomic E-state index is -5.08. The Morgan fingerprint density at radius 2 is 1.96 bits per heavy atom. The Bertz CT molecular complexity index is 693. The van der Waals surface area contributed by atoms with Gasteiger partial charge in [0.1, 0.15) is 0 Å². The molecule has 0 aliphatic carbocycles. The average Bonchev–Trinajstić information content (AvgIpc) is 3.06. The van der Waals surface area contributed by atoms with Crippen molar-refractivity contribution in [3.8, 4) is 11.5 Å². The number of benzene rings is 1. The highest BCUT2D eigenvalue weighted by Gasteiger charge is 2.38. The van der Waals surface area contributed by atoms with Crippen LogP contribution < -0.4 is 5.32 Å². The maximum absolute atomic E-state index is 10.6. The van der Waals surface area contributed by atoms with E-state index in [0.29, 0.717) is 11.8 Å². The van der Waals surface area contributed by atoms with Crippen molar-refractivity contribution in [3.63, 3.8) is 0 Å². The van der Waals surface area contributed by atoms with Crippen molar-refractivity contribution in [2.75, 3.05) is 13.1 Å². The van der Waals surface area contributed by atoms with E-state index in [0.717, 1.165) is 30.9 Å². The van der Waals surface area contributed by atoms with Gasteiger partial charge >= 0.3 is 12.1 Å². The third kappa shape index (κ3) is 5.56. The monoisotopic (exact) mass is 357 g/mol. The standard InChI is InChI=1S/C14H17N3O.C2HF3O2/c1-10-4-6-11(7-5-10)14-16-13(17-18-14)12-3-2-8-15-9-12;3-2(4,5)1(6)7/h4-7,12,15H,2-3,8-9H2,1H3;(H,6,7). The normalized spacial score (nSPS) is 17.5. The first-order chi connectivity index (χ1) is 11.8. The van der Waals surface area contributed by atoms with Crippen LogP contribution in [0.25, 0.3) is 11.5 Å². The van der Waals surface area contributed by atoms with Gasteiger partial charge < -0.3 is 14.9 Å². The molecule has 1 fully saturated rings. The molecule has 1 aliphatic heterocycles. The zero-order chi connectivity index (χ0) is 18.4. The van der Waals surface area contributed by atoms with Crippen LogP contribution in [-0.4, -0.2) is 40.5 Å². The van der Waals surface area contributed by atoms with Crippen LogP contribution in [0.15, 0.2) is 28.8 Å². The fraction of sp³-hybridized carbons (Fsp3) is 0.438. The van der Waals surface area contributed by atoms with Gasteiger partial charge in [0.15, 0.2) is 5.82 Å². The molecular weight excluding hydrogens is 339 g/mol. The maximum Gasteiger partial charge on any atom is 0.490 e. The van der Waals surface area contributed by atoms with Gasteiger partial charge in [-0.05, 0) is 38.4 Å². The molecule has 1 aliphatic rings. The van der Waals surface area contributed by atoms with Crippen molar-refractivity contribution in [1.29, 1.82) is 0 Å². The summed E-state index contributed by atoms with van der Waals surface area (Å²) in [6.07, 6.45) is -2.76. The molecule has 1 aromatic carbocycles. The lowest BCUT2D eigenvalue weighted by molar-refractivity contribution is -0.192.